The van der Waals surface area contributed by atoms with Gasteiger partial charge in [0.25, 0.3) is 0 Å². The first-order valence-corrected chi connectivity index (χ1v) is 7.01. The van der Waals surface area contributed by atoms with E-state index in [1.54, 1.807) is 13.2 Å². The minimum Gasteiger partial charge on any atom is -0.377 e. The number of methoxy groups -OCH3 is 1. The molecule has 112 valence electrons. The number of rotatable bonds is 6. The Labute approximate surface area is 124 Å². The summed E-state index contributed by atoms with van der Waals surface area (Å²) in [6.07, 6.45) is 0.998. The van der Waals surface area contributed by atoms with Crippen molar-refractivity contribution in [1.29, 1.82) is 0 Å². The van der Waals surface area contributed by atoms with Crippen molar-refractivity contribution in [3.63, 3.8) is 0 Å². The minimum absolute atomic E-state index is 0.273. The van der Waals surface area contributed by atoms with Crippen LogP contribution in [0.1, 0.15) is 24.7 Å². The lowest BCUT2D eigenvalue weighted by molar-refractivity contribution is 0.178. The molecule has 0 saturated heterocycles. The molecule has 0 bridgehead atoms. The molecule has 0 atom stereocenters. The van der Waals surface area contributed by atoms with E-state index in [-0.39, 0.29) is 5.82 Å². The van der Waals surface area contributed by atoms with Crippen LogP contribution >= 0.6 is 0 Å². The van der Waals surface area contributed by atoms with Gasteiger partial charge in [-0.05, 0) is 31.0 Å². The normalized spacial score (nSPS) is 10.7. The van der Waals surface area contributed by atoms with Crippen LogP contribution in [0.2, 0.25) is 0 Å². The van der Waals surface area contributed by atoms with E-state index in [0.29, 0.717) is 18.1 Å². The second kappa shape index (κ2) is 7.13. The lowest BCUT2D eigenvalue weighted by Gasteiger charge is -2.11. The van der Waals surface area contributed by atoms with Gasteiger partial charge in [-0.1, -0.05) is 13.0 Å². The van der Waals surface area contributed by atoms with E-state index in [4.69, 9.17) is 4.74 Å². The van der Waals surface area contributed by atoms with Gasteiger partial charge >= 0.3 is 0 Å². The number of halogens is 1. The first-order chi connectivity index (χ1) is 10.1. The quantitative estimate of drug-likeness (QED) is 0.883. The lowest BCUT2D eigenvalue weighted by atomic mass is 10.1. The van der Waals surface area contributed by atoms with E-state index in [1.807, 2.05) is 13.0 Å². The zero-order chi connectivity index (χ0) is 15.2. The van der Waals surface area contributed by atoms with Gasteiger partial charge in [0.05, 0.1) is 5.69 Å². The number of benzene rings is 1. The van der Waals surface area contributed by atoms with E-state index in [2.05, 4.69) is 22.2 Å². The van der Waals surface area contributed by atoms with Crippen LogP contribution in [-0.4, -0.2) is 23.6 Å². The number of aromatic nitrogens is 2. The van der Waals surface area contributed by atoms with Gasteiger partial charge in [0.2, 0.25) is 0 Å². The summed E-state index contributed by atoms with van der Waals surface area (Å²) in [5.41, 5.74) is 2.45. The smallest absolute Gasteiger partial charge is 0.157 e. The van der Waals surface area contributed by atoms with Crippen molar-refractivity contribution in [3.05, 3.63) is 41.5 Å². The summed E-state index contributed by atoms with van der Waals surface area (Å²) >= 11 is 0. The van der Waals surface area contributed by atoms with Gasteiger partial charge in [0.15, 0.2) is 5.82 Å². The second-order valence-electron chi connectivity index (χ2n) is 4.87. The summed E-state index contributed by atoms with van der Waals surface area (Å²) in [7, 11) is 1.60. The molecular weight excluding hydrogens is 269 g/mol. The molecule has 1 heterocycles. The Morgan fingerprint density at radius 2 is 2.05 bits per heavy atom. The van der Waals surface area contributed by atoms with Crippen LogP contribution in [0.3, 0.4) is 0 Å². The fourth-order valence-electron chi connectivity index (χ4n) is 2.04. The van der Waals surface area contributed by atoms with Crippen LogP contribution in [0, 0.1) is 12.7 Å². The highest BCUT2D eigenvalue weighted by molar-refractivity contribution is 5.66. The molecule has 5 heteroatoms. The Kier molecular flexibility index (Phi) is 5.22. The van der Waals surface area contributed by atoms with E-state index in [9.17, 15) is 4.39 Å². The van der Waals surface area contributed by atoms with E-state index < -0.39 is 0 Å². The number of hydrogen-bond acceptors (Lipinski definition) is 4. The summed E-state index contributed by atoms with van der Waals surface area (Å²) in [5, 5.41) is 3.24. The average molecular weight is 289 g/mol. The topological polar surface area (TPSA) is 47.0 Å². The molecule has 0 unspecified atom stereocenters. The van der Waals surface area contributed by atoms with Crippen molar-refractivity contribution in [2.45, 2.75) is 26.9 Å². The van der Waals surface area contributed by atoms with Crippen molar-refractivity contribution in [2.75, 3.05) is 19.0 Å². The molecule has 2 aromatic rings. The molecule has 0 saturated carbocycles. The third kappa shape index (κ3) is 3.98. The lowest BCUT2D eigenvalue weighted by Crippen LogP contribution is -2.07. The molecule has 1 aromatic carbocycles. The molecule has 1 N–H and O–H groups in total. The second-order valence-corrected chi connectivity index (χ2v) is 4.87. The number of hydrogen-bond donors (Lipinski definition) is 1. The molecule has 0 aliphatic rings. The summed E-state index contributed by atoms with van der Waals surface area (Å²) in [6, 6.07) is 6.54. The summed E-state index contributed by atoms with van der Waals surface area (Å²) in [4.78, 5) is 8.86. The minimum atomic E-state index is -0.273. The number of nitrogens with zero attached hydrogens (tertiary/aromatic N) is 2. The molecule has 0 aliphatic heterocycles. The molecule has 0 radical (unpaired) electrons. The predicted octanol–water partition coefficient (Wildman–Crippen LogP) is 3.56. The standard InChI is InChI=1S/C16H20FN3O/c1-4-7-18-15-9-14(19-16(20-15)10-21-3)13-8-12(17)6-5-11(13)2/h5-6,8-9H,4,7,10H2,1-3H3,(H,18,19,20). The van der Waals surface area contributed by atoms with Crippen LogP contribution < -0.4 is 5.32 Å². The number of anilines is 1. The monoisotopic (exact) mass is 289 g/mol. The van der Waals surface area contributed by atoms with Gasteiger partial charge in [0, 0.05) is 25.3 Å². The van der Waals surface area contributed by atoms with Crippen molar-refractivity contribution >= 4 is 5.82 Å². The van der Waals surface area contributed by atoms with Gasteiger partial charge in [-0.2, -0.15) is 0 Å². The Morgan fingerprint density at radius 1 is 1.24 bits per heavy atom. The predicted molar refractivity (Wildman–Crippen MR) is 81.7 cm³/mol. The number of aryl methyl sites for hydroxylation is 1. The van der Waals surface area contributed by atoms with Gasteiger partial charge in [-0.15, -0.1) is 0 Å². The summed E-state index contributed by atoms with van der Waals surface area (Å²) in [6.45, 7) is 5.17. The first-order valence-electron chi connectivity index (χ1n) is 7.01. The maximum Gasteiger partial charge on any atom is 0.157 e. The van der Waals surface area contributed by atoms with Crippen LogP contribution in [-0.2, 0) is 11.3 Å². The zero-order valence-corrected chi connectivity index (χ0v) is 12.6. The number of nitrogens with one attached hydrogen (secondary N) is 1. The van der Waals surface area contributed by atoms with Crippen molar-refractivity contribution in [3.8, 4) is 11.3 Å². The third-order valence-corrected chi connectivity index (χ3v) is 3.08. The third-order valence-electron chi connectivity index (χ3n) is 3.08. The number of ether oxygens (including phenoxy) is 1. The molecule has 1 aromatic heterocycles. The van der Waals surface area contributed by atoms with Gasteiger partial charge in [0.1, 0.15) is 18.2 Å². The molecule has 0 fully saturated rings. The SMILES string of the molecule is CCCNc1cc(-c2cc(F)ccc2C)nc(COC)n1. The Morgan fingerprint density at radius 3 is 2.76 bits per heavy atom. The van der Waals surface area contributed by atoms with Crippen molar-refractivity contribution in [2.24, 2.45) is 0 Å². The summed E-state index contributed by atoms with van der Waals surface area (Å²) < 4.78 is 18.6. The Hall–Kier alpha value is -2.01. The molecule has 0 spiro atoms. The fourth-order valence-corrected chi connectivity index (χ4v) is 2.04. The van der Waals surface area contributed by atoms with Crippen LogP contribution in [0.5, 0.6) is 0 Å². The van der Waals surface area contributed by atoms with Gasteiger partial charge in [-0.25, -0.2) is 14.4 Å². The van der Waals surface area contributed by atoms with Crippen LogP contribution in [0.4, 0.5) is 10.2 Å². The highest BCUT2D eigenvalue weighted by Gasteiger charge is 2.10. The Balaban J connectivity index is 2.45. The van der Waals surface area contributed by atoms with E-state index in [1.165, 1.54) is 12.1 Å². The maximum atomic E-state index is 13.5. The summed E-state index contributed by atoms with van der Waals surface area (Å²) in [5.74, 6) is 1.04. The molecule has 21 heavy (non-hydrogen) atoms. The highest BCUT2D eigenvalue weighted by Crippen LogP contribution is 2.24. The van der Waals surface area contributed by atoms with Crippen molar-refractivity contribution in [1.82, 2.24) is 9.97 Å². The van der Waals surface area contributed by atoms with Gasteiger partial charge in [-0.3, -0.25) is 0 Å². The molecule has 0 amide bonds. The van der Waals surface area contributed by atoms with Crippen LogP contribution in [0.15, 0.2) is 24.3 Å². The van der Waals surface area contributed by atoms with Crippen LogP contribution in [0.25, 0.3) is 11.3 Å². The maximum absolute atomic E-state index is 13.5. The largest absolute Gasteiger partial charge is 0.377 e. The highest BCUT2D eigenvalue weighted by atomic mass is 19.1. The molecule has 0 aliphatic carbocycles. The Bertz CT molecular complexity index is 616. The molecular formula is C16H20FN3O. The average Bonchev–Trinajstić information content (AvgIpc) is 2.48. The fraction of sp³-hybridized carbons (Fsp3) is 0.375. The van der Waals surface area contributed by atoms with Crippen molar-refractivity contribution < 1.29 is 9.13 Å². The first kappa shape index (κ1) is 15.4. The zero-order valence-electron chi connectivity index (χ0n) is 12.6. The van der Waals surface area contributed by atoms with Gasteiger partial charge < -0.3 is 10.1 Å². The molecule has 4 nitrogen and oxygen atoms in total. The van der Waals surface area contributed by atoms with E-state index in [0.717, 1.165) is 29.9 Å². The molecule has 2 rings (SSSR count). The van der Waals surface area contributed by atoms with E-state index >= 15 is 0 Å².